The van der Waals surface area contributed by atoms with Gasteiger partial charge in [-0.3, -0.25) is 4.90 Å². The Balaban J connectivity index is 2.37. The highest BCUT2D eigenvalue weighted by Crippen LogP contribution is 2.08. The molecule has 4 heteroatoms. The minimum absolute atomic E-state index is 0.357. The van der Waals surface area contributed by atoms with E-state index in [2.05, 4.69) is 36.3 Å². The van der Waals surface area contributed by atoms with Crippen molar-refractivity contribution in [2.45, 2.75) is 52.4 Å². The van der Waals surface area contributed by atoms with Gasteiger partial charge in [0.1, 0.15) is 0 Å². The molecule has 0 aliphatic carbocycles. The highest BCUT2D eigenvalue weighted by Gasteiger charge is 2.25. The molecule has 0 saturated carbocycles. The fourth-order valence-corrected chi connectivity index (χ4v) is 2.20. The van der Waals surface area contributed by atoms with Gasteiger partial charge in [-0.05, 0) is 32.5 Å². The van der Waals surface area contributed by atoms with E-state index in [1.54, 1.807) is 0 Å². The largest absolute Gasteiger partial charge is 0.347 e. The molecule has 14 heavy (non-hydrogen) atoms. The van der Waals surface area contributed by atoms with E-state index in [4.69, 9.17) is 12.2 Å². The number of nitrogens with zero attached hydrogens (tertiary/aromatic N) is 1. The predicted octanol–water partition coefficient (Wildman–Crippen LogP) is 1.65. The van der Waals surface area contributed by atoms with Crippen molar-refractivity contribution >= 4 is 17.3 Å². The third kappa shape index (κ3) is 3.10. The lowest BCUT2D eigenvalue weighted by molar-refractivity contribution is 0.112. The Bertz CT molecular complexity index is 182. The summed E-state index contributed by atoms with van der Waals surface area (Å²) in [6.07, 6.45) is 4.56. The smallest absolute Gasteiger partial charge is 0.168 e. The maximum Gasteiger partial charge on any atom is 0.168 e. The van der Waals surface area contributed by atoms with Crippen molar-refractivity contribution in [1.29, 1.82) is 0 Å². The summed E-state index contributed by atoms with van der Waals surface area (Å²) in [6, 6.07) is 0. The van der Waals surface area contributed by atoms with Crippen LogP contribution >= 0.6 is 12.2 Å². The van der Waals surface area contributed by atoms with Gasteiger partial charge in [-0.2, -0.15) is 0 Å². The average Bonchev–Trinajstić information content (AvgIpc) is 2.09. The standard InChI is InChI=1S/C10H21N3S/c1-4-5-6-7-13-8(2)11-10(14)12-9(13)3/h8-9H,4-7H2,1-3H3,(H2,11,12,14). The molecule has 0 amide bonds. The Morgan fingerprint density at radius 3 is 2.29 bits per heavy atom. The minimum Gasteiger partial charge on any atom is -0.347 e. The summed E-state index contributed by atoms with van der Waals surface area (Å²) >= 11 is 5.10. The molecule has 2 atom stereocenters. The summed E-state index contributed by atoms with van der Waals surface area (Å²) in [7, 11) is 0. The van der Waals surface area contributed by atoms with Gasteiger partial charge < -0.3 is 10.6 Å². The zero-order valence-electron chi connectivity index (χ0n) is 9.34. The van der Waals surface area contributed by atoms with Crippen LogP contribution in [0, 0.1) is 0 Å². The Morgan fingerprint density at radius 1 is 1.21 bits per heavy atom. The topological polar surface area (TPSA) is 27.3 Å². The van der Waals surface area contributed by atoms with E-state index in [1.165, 1.54) is 19.3 Å². The Kier molecular flexibility index (Phi) is 4.62. The molecule has 1 rings (SSSR count). The van der Waals surface area contributed by atoms with Crippen LogP contribution in [0.3, 0.4) is 0 Å². The molecule has 1 heterocycles. The van der Waals surface area contributed by atoms with E-state index in [0.717, 1.165) is 11.7 Å². The van der Waals surface area contributed by atoms with Crippen LogP contribution in [0.2, 0.25) is 0 Å². The van der Waals surface area contributed by atoms with Crippen molar-refractivity contribution in [3.63, 3.8) is 0 Å². The first kappa shape index (κ1) is 11.7. The molecule has 3 nitrogen and oxygen atoms in total. The third-order valence-corrected chi connectivity index (χ3v) is 2.93. The summed E-state index contributed by atoms with van der Waals surface area (Å²) in [6.45, 7) is 7.69. The predicted molar refractivity (Wildman–Crippen MR) is 64.0 cm³/mol. The number of thiocarbonyl (C=S) groups is 1. The van der Waals surface area contributed by atoms with Crippen LogP contribution in [0.4, 0.5) is 0 Å². The highest BCUT2D eigenvalue weighted by atomic mass is 32.1. The number of hydrogen-bond donors (Lipinski definition) is 2. The van der Waals surface area contributed by atoms with Crippen molar-refractivity contribution in [3.8, 4) is 0 Å². The third-order valence-electron chi connectivity index (χ3n) is 2.69. The van der Waals surface area contributed by atoms with Gasteiger partial charge in [-0.15, -0.1) is 0 Å². The molecular weight excluding hydrogens is 194 g/mol. The zero-order chi connectivity index (χ0) is 10.6. The van der Waals surface area contributed by atoms with Crippen LogP contribution in [0.5, 0.6) is 0 Å². The van der Waals surface area contributed by atoms with E-state index in [9.17, 15) is 0 Å². The van der Waals surface area contributed by atoms with Gasteiger partial charge in [0.2, 0.25) is 0 Å². The van der Waals surface area contributed by atoms with E-state index in [0.29, 0.717) is 12.3 Å². The summed E-state index contributed by atoms with van der Waals surface area (Å²) in [5.74, 6) is 0. The monoisotopic (exact) mass is 215 g/mol. The van der Waals surface area contributed by atoms with E-state index < -0.39 is 0 Å². The van der Waals surface area contributed by atoms with Gasteiger partial charge in [0.25, 0.3) is 0 Å². The van der Waals surface area contributed by atoms with Gasteiger partial charge in [-0.1, -0.05) is 19.8 Å². The van der Waals surface area contributed by atoms with Crippen molar-refractivity contribution in [2.75, 3.05) is 6.54 Å². The zero-order valence-corrected chi connectivity index (χ0v) is 10.2. The molecule has 0 aromatic rings. The van der Waals surface area contributed by atoms with Crippen LogP contribution in [0.25, 0.3) is 0 Å². The molecule has 0 bridgehead atoms. The highest BCUT2D eigenvalue weighted by molar-refractivity contribution is 7.80. The summed E-state index contributed by atoms with van der Waals surface area (Å²) in [5, 5.41) is 7.24. The van der Waals surface area contributed by atoms with Gasteiger partial charge in [-0.25, -0.2) is 0 Å². The molecule has 2 unspecified atom stereocenters. The van der Waals surface area contributed by atoms with E-state index >= 15 is 0 Å². The molecule has 0 radical (unpaired) electrons. The molecule has 1 fully saturated rings. The molecule has 1 saturated heterocycles. The van der Waals surface area contributed by atoms with Crippen LogP contribution in [0.15, 0.2) is 0 Å². The van der Waals surface area contributed by atoms with Crippen molar-refractivity contribution in [1.82, 2.24) is 15.5 Å². The Morgan fingerprint density at radius 2 is 1.79 bits per heavy atom. The van der Waals surface area contributed by atoms with Crippen LogP contribution < -0.4 is 10.6 Å². The molecule has 2 N–H and O–H groups in total. The lowest BCUT2D eigenvalue weighted by atomic mass is 10.2. The quantitative estimate of drug-likeness (QED) is 0.551. The van der Waals surface area contributed by atoms with Gasteiger partial charge in [0.15, 0.2) is 5.11 Å². The van der Waals surface area contributed by atoms with Crippen molar-refractivity contribution in [3.05, 3.63) is 0 Å². The second-order valence-corrected chi connectivity index (χ2v) is 4.32. The number of rotatable bonds is 4. The average molecular weight is 215 g/mol. The first-order valence-electron chi connectivity index (χ1n) is 5.48. The van der Waals surface area contributed by atoms with Crippen LogP contribution in [-0.2, 0) is 0 Å². The second-order valence-electron chi connectivity index (χ2n) is 3.91. The molecule has 0 spiro atoms. The Labute approximate surface area is 92.2 Å². The molecular formula is C10H21N3S. The van der Waals surface area contributed by atoms with Gasteiger partial charge in [0.05, 0.1) is 12.3 Å². The van der Waals surface area contributed by atoms with Gasteiger partial charge >= 0.3 is 0 Å². The molecule has 1 aliphatic rings. The minimum atomic E-state index is 0.357. The maximum atomic E-state index is 5.10. The second kappa shape index (κ2) is 5.51. The fraction of sp³-hybridized carbons (Fsp3) is 0.900. The number of unbranched alkanes of at least 4 members (excludes halogenated alkanes) is 2. The molecule has 82 valence electrons. The normalized spacial score (nSPS) is 28.4. The number of nitrogens with one attached hydrogen (secondary N) is 2. The first-order valence-corrected chi connectivity index (χ1v) is 5.88. The molecule has 0 aromatic heterocycles. The molecule has 0 aromatic carbocycles. The van der Waals surface area contributed by atoms with Crippen LogP contribution in [0.1, 0.15) is 40.0 Å². The van der Waals surface area contributed by atoms with Crippen LogP contribution in [-0.4, -0.2) is 28.9 Å². The lowest BCUT2D eigenvalue weighted by Crippen LogP contribution is -2.64. The summed E-state index contributed by atoms with van der Waals surface area (Å²) in [5.41, 5.74) is 0. The lowest BCUT2D eigenvalue weighted by Gasteiger charge is -2.41. The molecule has 1 aliphatic heterocycles. The number of hydrogen-bond acceptors (Lipinski definition) is 2. The van der Waals surface area contributed by atoms with Crippen molar-refractivity contribution in [2.24, 2.45) is 0 Å². The SMILES string of the molecule is CCCCCN1C(C)NC(=S)NC1C. The maximum absolute atomic E-state index is 5.10. The van der Waals surface area contributed by atoms with E-state index in [1.807, 2.05) is 0 Å². The summed E-state index contributed by atoms with van der Waals surface area (Å²) in [4.78, 5) is 2.41. The fourth-order valence-electron chi connectivity index (χ4n) is 1.85. The Hall–Kier alpha value is -0.350. The first-order chi connectivity index (χ1) is 6.65. The van der Waals surface area contributed by atoms with Gasteiger partial charge in [0, 0.05) is 6.54 Å². The van der Waals surface area contributed by atoms with Crippen molar-refractivity contribution < 1.29 is 0 Å². The summed E-state index contributed by atoms with van der Waals surface area (Å²) < 4.78 is 0. The van der Waals surface area contributed by atoms with E-state index in [-0.39, 0.29) is 0 Å².